The Morgan fingerprint density at radius 1 is 0.943 bits per heavy atom. The number of ketones is 1. The van der Waals surface area contributed by atoms with Crippen molar-refractivity contribution in [1.82, 2.24) is 14.4 Å². The van der Waals surface area contributed by atoms with Crippen LogP contribution < -0.4 is 5.32 Å². The predicted molar refractivity (Wildman–Crippen MR) is 141 cm³/mol. The molecule has 0 radical (unpaired) electrons. The van der Waals surface area contributed by atoms with Crippen LogP contribution in [-0.4, -0.2) is 26.7 Å². The monoisotopic (exact) mass is 460 g/mol. The number of nitrogens with zero attached hydrogens (tertiary/aromatic N) is 3. The van der Waals surface area contributed by atoms with Gasteiger partial charge in [0.05, 0.1) is 22.9 Å². The number of carbonyl (C=O) groups is 1. The van der Waals surface area contributed by atoms with Crippen LogP contribution in [0.2, 0.25) is 0 Å². The lowest BCUT2D eigenvalue weighted by atomic mass is 10.0. The molecule has 0 saturated heterocycles. The van der Waals surface area contributed by atoms with Crippen LogP contribution in [0.15, 0.2) is 85.1 Å². The van der Waals surface area contributed by atoms with Gasteiger partial charge in [-0.25, -0.2) is 9.97 Å². The zero-order valence-corrected chi connectivity index (χ0v) is 19.7. The van der Waals surface area contributed by atoms with Gasteiger partial charge >= 0.3 is 0 Å². The standard InChI is InChI=1S/C30H28N4O/c35-28(19-22-12-13-22)24-16-14-23(15-17-24)27-20-32-30-29(31-18-6-9-21-7-2-1-3-8-21)33-25-10-4-5-11-26(25)34(27)30/h1-5,7-8,10-11,14-17,20,22H,6,9,12-13,18-19H2,(H,31,33). The Morgan fingerprint density at radius 3 is 2.51 bits per heavy atom. The number of fused-ring (bicyclic) bond motifs is 3. The summed E-state index contributed by atoms with van der Waals surface area (Å²) in [4.78, 5) is 22.2. The first-order valence-electron chi connectivity index (χ1n) is 12.4. The summed E-state index contributed by atoms with van der Waals surface area (Å²) in [6.07, 6.45) is 6.98. The van der Waals surface area contributed by atoms with E-state index in [-0.39, 0.29) is 5.78 Å². The summed E-state index contributed by atoms with van der Waals surface area (Å²) in [6.45, 7) is 0.815. The molecule has 0 aliphatic heterocycles. The van der Waals surface area contributed by atoms with Crippen molar-refractivity contribution in [3.8, 4) is 11.3 Å². The van der Waals surface area contributed by atoms with E-state index in [1.54, 1.807) is 0 Å². The number of aromatic nitrogens is 3. The zero-order chi connectivity index (χ0) is 23.6. The molecule has 0 spiro atoms. The molecule has 1 fully saturated rings. The highest BCUT2D eigenvalue weighted by molar-refractivity contribution is 5.97. The third kappa shape index (κ3) is 4.54. The molecule has 5 aromatic rings. The number of hydrogen-bond acceptors (Lipinski definition) is 4. The van der Waals surface area contributed by atoms with Crippen molar-refractivity contribution >= 4 is 28.3 Å². The molecule has 0 amide bonds. The second-order valence-corrected chi connectivity index (χ2v) is 9.42. The molecule has 1 saturated carbocycles. The SMILES string of the molecule is O=C(CC1CC1)c1ccc(-c2cnc3c(NCCCc4ccccc4)nc4ccccc4n23)cc1. The maximum Gasteiger partial charge on any atom is 0.181 e. The Kier molecular flexibility index (Phi) is 5.75. The zero-order valence-electron chi connectivity index (χ0n) is 19.7. The van der Waals surface area contributed by atoms with Crippen molar-refractivity contribution < 1.29 is 4.79 Å². The van der Waals surface area contributed by atoms with Crippen molar-refractivity contribution in [2.24, 2.45) is 5.92 Å². The van der Waals surface area contributed by atoms with Gasteiger partial charge in [0.2, 0.25) is 0 Å². The van der Waals surface area contributed by atoms with Crippen LogP contribution in [0, 0.1) is 5.92 Å². The second kappa shape index (κ2) is 9.34. The fourth-order valence-electron chi connectivity index (χ4n) is 4.68. The number of benzene rings is 3. The number of Topliss-reactive ketones (excluding diaryl/α,β-unsaturated/α-hetero) is 1. The van der Waals surface area contributed by atoms with Gasteiger partial charge in [-0.3, -0.25) is 9.20 Å². The minimum absolute atomic E-state index is 0.244. The molecule has 0 atom stereocenters. The smallest absolute Gasteiger partial charge is 0.181 e. The van der Waals surface area contributed by atoms with E-state index in [1.165, 1.54) is 18.4 Å². The van der Waals surface area contributed by atoms with Gasteiger partial charge in [0, 0.05) is 24.1 Å². The quantitative estimate of drug-likeness (QED) is 0.199. The van der Waals surface area contributed by atoms with Crippen molar-refractivity contribution in [1.29, 1.82) is 0 Å². The van der Waals surface area contributed by atoms with E-state index in [1.807, 2.05) is 54.7 Å². The number of nitrogens with one attached hydrogen (secondary N) is 1. The molecule has 5 heteroatoms. The molecule has 1 aliphatic carbocycles. The molecular weight excluding hydrogens is 432 g/mol. The minimum atomic E-state index is 0.244. The molecule has 3 aromatic carbocycles. The Morgan fingerprint density at radius 2 is 1.71 bits per heavy atom. The molecule has 0 bridgehead atoms. The van der Waals surface area contributed by atoms with Crippen LogP contribution in [0.4, 0.5) is 5.82 Å². The summed E-state index contributed by atoms with van der Waals surface area (Å²) in [6, 6.07) is 26.7. The Labute approximate surface area is 204 Å². The summed E-state index contributed by atoms with van der Waals surface area (Å²) < 4.78 is 2.17. The van der Waals surface area contributed by atoms with Crippen LogP contribution in [0.1, 0.15) is 41.6 Å². The predicted octanol–water partition coefficient (Wildman–Crippen LogP) is 6.58. The van der Waals surface area contributed by atoms with E-state index in [2.05, 4.69) is 40.0 Å². The van der Waals surface area contributed by atoms with Crippen molar-refractivity contribution in [2.75, 3.05) is 11.9 Å². The third-order valence-electron chi connectivity index (χ3n) is 6.78. The number of imidazole rings is 1. The van der Waals surface area contributed by atoms with E-state index >= 15 is 0 Å². The van der Waals surface area contributed by atoms with Gasteiger partial charge in [-0.1, -0.05) is 66.7 Å². The van der Waals surface area contributed by atoms with Crippen LogP contribution in [0.3, 0.4) is 0 Å². The second-order valence-electron chi connectivity index (χ2n) is 9.42. The number of rotatable bonds is 9. The maximum absolute atomic E-state index is 12.5. The van der Waals surface area contributed by atoms with E-state index in [0.717, 1.165) is 58.7 Å². The average molecular weight is 461 g/mol. The topological polar surface area (TPSA) is 59.3 Å². The van der Waals surface area contributed by atoms with E-state index in [4.69, 9.17) is 9.97 Å². The molecule has 35 heavy (non-hydrogen) atoms. The normalized spacial score (nSPS) is 13.4. The van der Waals surface area contributed by atoms with Gasteiger partial charge in [0.15, 0.2) is 17.2 Å². The molecule has 5 nitrogen and oxygen atoms in total. The van der Waals surface area contributed by atoms with Crippen molar-refractivity contribution in [2.45, 2.75) is 32.1 Å². The Hall–Kier alpha value is -3.99. The summed E-state index contributed by atoms with van der Waals surface area (Å²) in [5, 5.41) is 3.52. The Balaban J connectivity index is 1.29. The molecule has 6 rings (SSSR count). The number of anilines is 1. The molecule has 1 N–H and O–H groups in total. The van der Waals surface area contributed by atoms with Crippen molar-refractivity contribution in [3.05, 3.63) is 96.2 Å². The van der Waals surface area contributed by atoms with Crippen LogP contribution >= 0.6 is 0 Å². The lowest BCUT2D eigenvalue weighted by molar-refractivity contribution is 0.0976. The molecule has 1 aliphatic rings. The van der Waals surface area contributed by atoms with E-state index < -0.39 is 0 Å². The summed E-state index contributed by atoms with van der Waals surface area (Å²) in [7, 11) is 0. The van der Waals surface area contributed by atoms with E-state index in [9.17, 15) is 4.79 Å². The highest BCUT2D eigenvalue weighted by Crippen LogP contribution is 2.34. The van der Waals surface area contributed by atoms with Crippen LogP contribution in [0.25, 0.3) is 27.9 Å². The lowest BCUT2D eigenvalue weighted by Crippen LogP contribution is -2.07. The number of carbonyl (C=O) groups excluding carboxylic acids is 1. The third-order valence-corrected chi connectivity index (χ3v) is 6.78. The maximum atomic E-state index is 12.5. The first kappa shape index (κ1) is 21.5. The van der Waals surface area contributed by atoms with Gasteiger partial charge < -0.3 is 5.32 Å². The summed E-state index contributed by atoms with van der Waals surface area (Å²) in [5.74, 6) is 1.63. The molecule has 0 unspecified atom stereocenters. The lowest BCUT2D eigenvalue weighted by Gasteiger charge is -2.12. The van der Waals surface area contributed by atoms with Gasteiger partial charge in [-0.2, -0.15) is 0 Å². The average Bonchev–Trinajstić information content (AvgIpc) is 3.60. The van der Waals surface area contributed by atoms with E-state index in [0.29, 0.717) is 12.3 Å². The molecule has 2 heterocycles. The fourth-order valence-corrected chi connectivity index (χ4v) is 4.68. The highest BCUT2D eigenvalue weighted by Gasteiger charge is 2.25. The first-order chi connectivity index (χ1) is 17.3. The number of aryl methyl sites for hydroxylation is 1. The van der Waals surface area contributed by atoms with Gasteiger partial charge in [0.1, 0.15) is 0 Å². The number of para-hydroxylation sites is 2. The van der Waals surface area contributed by atoms with Gasteiger partial charge in [0.25, 0.3) is 0 Å². The number of hydrogen-bond donors (Lipinski definition) is 1. The fraction of sp³-hybridized carbons (Fsp3) is 0.233. The molecular formula is C30H28N4O. The van der Waals surface area contributed by atoms with Crippen molar-refractivity contribution in [3.63, 3.8) is 0 Å². The van der Waals surface area contributed by atoms with Gasteiger partial charge in [-0.15, -0.1) is 0 Å². The van der Waals surface area contributed by atoms with Crippen LogP contribution in [0.5, 0.6) is 0 Å². The highest BCUT2D eigenvalue weighted by atomic mass is 16.1. The molecule has 174 valence electrons. The summed E-state index contributed by atoms with van der Waals surface area (Å²) >= 11 is 0. The van der Waals surface area contributed by atoms with Gasteiger partial charge in [-0.05, 0) is 49.3 Å². The summed E-state index contributed by atoms with van der Waals surface area (Å²) in [5.41, 5.74) is 6.90. The molecule has 2 aromatic heterocycles. The first-order valence-corrected chi connectivity index (χ1v) is 12.4. The largest absolute Gasteiger partial charge is 0.367 e. The Bertz CT molecular complexity index is 1480. The minimum Gasteiger partial charge on any atom is -0.367 e. The van der Waals surface area contributed by atoms with Crippen LogP contribution in [-0.2, 0) is 6.42 Å².